The molecule has 2 aromatic heterocycles. The Balaban J connectivity index is 1.67. The quantitative estimate of drug-likeness (QED) is 0.853. The topological polar surface area (TPSA) is 75.2 Å². The number of urea groups is 1. The fraction of sp³-hybridized carbons (Fsp3) is 0.375. The molecule has 1 atom stereocenters. The van der Waals surface area contributed by atoms with Crippen LogP contribution in [-0.2, 0) is 16.8 Å². The highest BCUT2D eigenvalue weighted by atomic mass is 32.1. The van der Waals surface area contributed by atoms with Gasteiger partial charge in [-0.3, -0.25) is 14.7 Å². The molecule has 1 aliphatic heterocycles. The van der Waals surface area contributed by atoms with E-state index in [9.17, 15) is 9.59 Å². The third-order valence-corrected chi connectivity index (χ3v) is 4.82. The number of hydrogen-bond acceptors (Lipinski definition) is 5. The summed E-state index contributed by atoms with van der Waals surface area (Å²) in [6.45, 7) is 4.07. The number of aryl methyl sites for hydroxylation is 2. The van der Waals surface area contributed by atoms with Crippen LogP contribution in [0.3, 0.4) is 0 Å². The molecule has 0 aliphatic carbocycles. The number of nitrogens with zero attached hydrogens (tertiary/aromatic N) is 3. The van der Waals surface area contributed by atoms with Gasteiger partial charge in [0.05, 0.1) is 10.7 Å². The molecule has 3 rings (SSSR count). The number of carbonyl (C=O) groups excluding carboxylic acids is 2. The third-order valence-electron chi connectivity index (χ3n) is 4.00. The fourth-order valence-corrected chi connectivity index (χ4v) is 3.34. The van der Waals surface area contributed by atoms with Gasteiger partial charge >= 0.3 is 6.03 Å². The van der Waals surface area contributed by atoms with Crippen molar-refractivity contribution >= 4 is 23.3 Å². The van der Waals surface area contributed by atoms with Crippen molar-refractivity contribution < 1.29 is 9.59 Å². The number of rotatable bonds is 5. The first-order valence-corrected chi connectivity index (χ1v) is 8.34. The van der Waals surface area contributed by atoms with E-state index in [2.05, 4.69) is 15.3 Å². The molecule has 1 N–H and O–H groups in total. The Hall–Kier alpha value is -2.28. The summed E-state index contributed by atoms with van der Waals surface area (Å²) in [5.41, 5.74) is 0.660. The molecular formula is C16H18N4O2S. The predicted molar refractivity (Wildman–Crippen MR) is 87.0 cm³/mol. The largest absolute Gasteiger partial charge is 0.325 e. The highest BCUT2D eigenvalue weighted by Gasteiger charge is 2.48. The summed E-state index contributed by atoms with van der Waals surface area (Å²) in [4.78, 5) is 34.6. The number of hydrogen-bond donors (Lipinski definition) is 1. The van der Waals surface area contributed by atoms with Crippen molar-refractivity contribution in [2.75, 3.05) is 6.54 Å². The van der Waals surface area contributed by atoms with Crippen LogP contribution in [0.4, 0.5) is 4.79 Å². The van der Waals surface area contributed by atoms with Gasteiger partial charge in [0.25, 0.3) is 5.91 Å². The number of thiazole rings is 1. The molecule has 120 valence electrons. The standard InChI is InChI=1S/C16H18N4O2S/c1-11-18-13(10-23-11)6-4-8-20-14(21)16(2,19-15(20)22)12-5-3-7-17-9-12/h3,5,7,9-10H,4,6,8H2,1-2H3,(H,19,22). The molecule has 1 unspecified atom stereocenters. The summed E-state index contributed by atoms with van der Waals surface area (Å²) in [7, 11) is 0. The summed E-state index contributed by atoms with van der Waals surface area (Å²) in [6.07, 6.45) is 4.71. The molecule has 23 heavy (non-hydrogen) atoms. The van der Waals surface area contributed by atoms with Gasteiger partial charge in [-0.2, -0.15) is 0 Å². The molecule has 2 aromatic rings. The van der Waals surface area contributed by atoms with Gasteiger partial charge in [0.2, 0.25) is 0 Å². The highest BCUT2D eigenvalue weighted by Crippen LogP contribution is 2.28. The maximum absolute atomic E-state index is 12.7. The Morgan fingerprint density at radius 2 is 2.22 bits per heavy atom. The van der Waals surface area contributed by atoms with E-state index in [0.29, 0.717) is 18.5 Å². The smallest absolute Gasteiger partial charge is 0.319 e. The summed E-state index contributed by atoms with van der Waals surface area (Å²) < 4.78 is 0. The van der Waals surface area contributed by atoms with Crippen LogP contribution in [0.1, 0.15) is 29.6 Å². The first kappa shape index (κ1) is 15.6. The van der Waals surface area contributed by atoms with E-state index < -0.39 is 5.54 Å². The molecule has 7 heteroatoms. The van der Waals surface area contributed by atoms with Crippen LogP contribution in [-0.4, -0.2) is 33.4 Å². The Morgan fingerprint density at radius 1 is 1.39 bits per heavy atom. The van der Waals surface area contributed by atoms with Gasteiger partial charge in [-0.05, 0) is 32.8 Å². The van der Waals surface area contributed by atoms with Gasteiger partial charge in [0, 0.05) is 29.9 Å². The number of imide groups is 1. The van der Waals surface area contributed by atoms with E-state index in [-0.39, 0.29) is 11.9 Å². The first-order chi connectivity index (χ1) is 11.0. The monoisotopic (exact) mass is 330 g/mol. The van der Waals surface area contributed by atoms with Crippen molar-refractivity contribution in [3.8, 4) is 0 Å². The summed E-state index contributed by atoms with van der Waals surface area (Å²) in [5.74, 6) is -0.232. The van der Waals surface area contributed by atoms with Crippen molar-refractivity contribution in [3.05, 3.63) is 46.2 Å². The molecule has 1 fully saturated rings. The molecule has 3 heterocycles. The zero-order valence-corrected chi connectivity index (χ0v) is 13.9. The summed E-state index contributed by atoms with van der Waals surface area (Å²) >= 11 is 1.61. The number of aromatic nitrogens is 2. The van der Waals surface area contributed by atoms with E-state index in [1.165, 1.54) is 4.90 Å². The first-order valence-electron chi connectivity index (χ1n) is 7.46. The van der Waals surface area contributed by atoms with Crippen LogP contribution in [0.15, 0.2) is 29.9 Å². The minimum atomic E-state index is -1.04. The number of nitrogens with one attached hydrogen (secondary N) is 1. The molecule has 1 saturated heterocycles. The lowest BCUT2D eigenvalue weighted by molar-refractivity contribution is -0.131. The Labute approximate surface area is 138 Å². The van der Waals surface area contributed by atoms with Crippen LogP contribution in [0, 0.1) is 6.92 Å². The lowest BCUT2D eigenvalue weighted by Crippen LogP contribution is -2.41. The second kappa shape index (κ2) is 6.08. The zero-order chi connectivity index (χ0) is 16.4. The lowest BCUT2D eigenvalue weighted by Gasteiger charge is -2.21. The van der Waals surface area contributed by atoms with Crippen molar-refractivity contribution in [2.45, 2.75) is 32.2 Å². The highest BCUT2D eigenvalue weighted by molar-refractivity contribution is 7.09. The van der Waals surface area contributed by atoms with E-state index in [4.69, 9.17) is 0 Å². The predicted octanol–water partition coefficient (Wildman–Crippen LogP) is 2.25. The maximum atomic E-state index is 12.7. The van der Waals surface area contributed by atoms with Gasteiger partial charge in [0.15, 0.2) is 0 Å². The Kier molecular flexibility index (Phi) is 4.12. The third kappa shape index (κ3) is 2.96. The van der Waals surface area contributed by atoms with Gasteiger partial charge < -0.3 is 5.32 Å². The Morgan fingerprint density at radius 3 is 2.87 bits per heavy atom. The molecule has 1 aliphatic rings. The summed E-state index contributed by atoms with van der Waals surface area (Å²) in [5, 5.41) is 5.82. The number of amides is 3. The fourth-order valence-electron chi connectivity index (χ4n) is 2.70. The van der Waals surface area contributed by atoms with Gasteiger partial charge in [0.1, 0.15) is 5.54 Å². The van der Waals surface area contributed by atoms with Crippen LogP contribution in [0.5, 0.6) is 0 Å². The van der Waals surface area contributed by atoms with Crippen molar-refractivity contribution in [2.24, 2.45) is 0 Å². The molecule has 3 amide bonds. The minimum Gasteiger partial charge on any atom is -0.319 e. The molecule has 6 nitrogen and oxygen atoms in total. The lowest BCUT2D eigenvalue weighted by atomic mass is 9.93. The van der Waals surface area contributed by atoms with Crippen LogP contribution < -0.4 is 5.32 Å². The second-order valence-electron chi connectivity index (χ2n) is 5.72. The van der Waals surface area contributed by atoms with Crippen molar-refractivity contribution in [3.63, 3.8) is 0 Å². The molecule has 0 saturated carbocycles. The van der Waals surface area contributed by atoms with E-state index >= 15 is 0 Å². The van der Waals surface area contributed by atoms with E-state index in [1.54, 1.807) is 42.8 Å². The Bertz CT molecular complexity index is 731. The number of carbonyl (C=O) groups is 2. The summed E-state index contributed by atoms with van der Waals surface area (Å²) in [6, 6.07) is 3.20. The normalized spacial score (nSPS) is 20.9. The van der Waals surface area contributed by atoms with Gasteiger partial charge in [-0.15, -0.1) is 11.3 Å². The maximum Gasteiger partial charge on any atom is 0.325 e. The average molecular weight is 330 g/mol. The molecule has 0 aromatic carbocycles. The SMILES string of the molecule is Cc1nc(CCCN2C(=O)NC(C)(c3cccnc3)C2=O)cs1. The zero-order valence-electron chi connectivity index (χ0n) is 13.1. The second-order valence-corrected chi connectivity index (χ2v) is 6.78. The van der Waals surface area contributed by atoms with Crippen molar-refractivity contribution in [1.29, 1.82) is 0 Å². The minimum absolute atomic E-state index is 0.232. The van der Waals surface area contributed by atoms with Crippen molar-refractivity contribution in [1.82, 2.24) is 20.2 Å². The molecule has 0 radical (unpaired) electrons. The van der Waals surface area contributed by atoms with Gasteiger partial charge in [-0.1, -0.05) is 6.07 Å². The van der Waals surface area contributed by atoms with E-state index in [0.717, 1.165) is 17.1 Å². The molecule has 0 bridgehead atoms. The van der Waals surface area contributed by atoms with Crippen LogP contribution in [0.2, 0.25) is 0 Å². The molecular weight excluding hydrogens is 312 g/mol. The van der Waals surface area contributed by atoms with Crippen LogP contribution >= 0.6 is 11.3 Å². The van der Waals surface area contributed by atoms with Gasteiger partial charge in [-0.25, -0.2) is 9.78 Å². The number of pyridine rings is 1. The van der Waals surface area contributed by atoms with Crippen LogP contribution in [0.25, 0.3) is 0 Å². The molecule has 0 spiro atoms. The average Bonchev–Trinajstić information content (AvgIpc) is 3.05. The van der Waals surface area contributed by atoms with E-state index in [1.807, 2.05) is 12.3 Å².